The molecule has 5 aromatic rings. The molecule has 0 atom stereocenters. The number of rotatable bonds is 4. The van der Waals surface area contributed by atoms with Crippen LogP contribution >= 0.6 is 0 Å². The molecule has 0 aliphatic carbocycles. The number of carboxylic acids is 1. The molecule has 2 aromatic carbocycles. The molecule has 5 rings (SSSR count). The Balaban J connectivity index is 1.73. The normalized spacial score (nSPS) is 11.2. The summed E-state index contributed by atoms with van der Waals surface area (Å²) >= 11 is 0. The average Bonchev–Trinajstić information content (AvgIpc) is 3.16. The summed E-state index contributed by atoms with van der Waals surface area (Å²) in [6.07, 6.45) is 3.47. The molecular formula is C24H19N5O3. The molecule has 8 heteroatoms. The van der Waals surface area contributed by atoms with Gasteiger partial charge in [-0.1, -0.05) is 12.1 Å². The van der Waals surface area contributed by atoms with Crippen LogP contribution in [-0.4, -0.2) is 50.9 Å². The van der Waals surface area contributed by atoms with Crippen LogP contribution in [0.5, 0.6) is 0 Å². The number of carboxylic acid groups (broad SMARTS) is 1. The molecule has 3 heterocycles. The summed E-state index contributed by atoms with van der Waals surface area (Å²) in [5, 5.41) is 16.1. The number of anilines is 2. The van der Waals surface area contributed by atoms with Crippen molar-refractivity contribution >= 4 is 56.1 Å². The first kappa shape index (κ1) is 19.5. The fraction of sp³-hybridized carbons (Fsp3) is 0.0833. The summed E-state index contributed by atoms with van der Waals surface area (Å²) in [5.41, 5.74) is 2.92. The molecule has 0 spiro atoms. The highest BCUT2D eigenvalue weighted by atomic mass is 16.4. The summed E-state index contributed by atoms with van der Waals surface area (Å²) in [7, 11) is 3.40. The van der Waals surface area contributed by atoms with Gasteiger partial charge in [0.1, 0.15) is 11.5 Å². The van der Waals surface area contributed by atoms with Gasteiger partial charge in [0.05, 0.1) is 11.1 Å². The number of hydrogen-bond donors (Lipinski definition) is 3. The highest BCUT2D eigenvalue weighted by molar-refractivity contribution is 6.21. The van der Waals surface area contributed by atoms with E-state index in [1.165, 1.54) is 4.90 Å². The van der Waals surface area contributed by atoms with E-state index in [2.05, 4.69) is 15.3 Å². The van der Waals surface area contributed by atoms with Crippen molar-refractivity contribution in [1.82, 2.24) is 19.9 Å². The number of nitrogens with zero attached hydrogens (tertiary/aromatic N) is 3. The maximum Gasteiger partial charge on any atom is 0.335 e. The van der Waals surface area contributed by atoms with E-state index in [9.17, 15) is 14.7 Å². The minimum absolute atomic E-state index is 0.113. The lowest BCUT2D eigenvalue weighted by molar-refractivity contribution is 0.0696. The predicted molar refractivity (Wildman–Crippen MR) is 124 cm³/mol. The summed E-state index contributed by atoms with van der Waals surface area (Å²) in [6.45, 7) is 0. The van der Waals surface area contributed by atoms with Gasteiger partial charge in [-0.2, -0.15) is 0 Å². The molecule has 1 amide bonds. The first-order chi connectivity index (χ1) is 15.4. The van der Waals surface area contributed by atoms with Gasteiger partial charge in [0.15, 0.2) is 0 Å². The topological polar surface area (TPSA) is 111 Å². The molecule has 3 N–H and O–H groups in total. The van der Waals surface area contributed by atoms with Crippen LogP contribution in [0.15, 0.2) is 60.9 Å². The number of carbonyl (C=O) groups excluding carboxylic acids is 1. The van der Waals surface area contributed by atoms with E-state index in [-0.39, 0.29) is 11.5 Å². The summed E-state index contributed by atoms with van der Waals surface area (Å²) in [6, 6.07) is 14.0. The molecule has 0 saturated carbocycles. The largest absolute Gasteiger partial charge is 0.478 e. The molecule has 158 valence electrons. The molecule has 32 heavy (non-hydrogen) atoms. The fourth-order valence-corrected chi connectivity index (χ4v) is 3.86. The van der Waals surface area contributed by atoms with E-state index in [4.69, 9.17) is 4.98 Å². The van der Waals surface area contributed by atoms with E-state index in [1.807, 2.05) is 12.1 Å². The molecule has 0 bridgehead atoms. The minimum atomic E-state index is -1.02. The SMILES string of the molecule is CN(C)C(=O)c1cccc(Nc2nc3[nH]c4ccncc4c3c3ccc(C(=O)O)cc23)c1. The van der Waals surface area contributed by atoms with Crippen molar-refractivity contribution in [2.45, 2.75) is 0 Å². The van der Waals surface area contributed by atoms with Crippen LogP contribution in [0, 0.1) is 0 Å². The van der Waals surface area contributed by atoms with Gasteiger partial charge in [-0.25, -0.2) is 9.78 Å². The number of nitrogens with one attached hydrogen (secondary N) is 2. The smallest absolute Gasteiger partial charge is 0.335 e. The van der Waals surface area contributed by atoms with Gasteiger partial charge in [-0.05, 0) is 41.8 Å². The lowest BCUT2D eigenvalue weighted by Crippen LogP contribution is -2.21. The third-order valence-electron chi connectivity index (χ3n) is 5.37. The quantitative estimate of drug-likeness (QED) is 0.393. The molecule has 0 radical (unpaired) electrons. The van der Waals surface area contributed by atoms with Crippen molar-refractivity contribution in [2.75, 3.05) is 19.4 Å². The number of pyridine rings is 2. The van der Waals surface area contributed by atoms with Crippen LogP contribution in [0.4, 0.5) is 11.5 Å². The van der Waals surface area contributed by atoms with Crippen molar-refractivity contribution in [3.05, 3.63) is 72.1 Å². The maximum absolute atomic E-state index is 12.4. The molecule has 0 aliphatic heterocycles. The van der Waals surface area contributed by atoms with Crippen LogP contribution in [0.1, 0.15) is 20.7 Å². The first-order valence-corrected chi connectivity index (χ1v) is 9.93. The third kappa shape index (κ3) is 3.18. The monoisotopic (exact) mass is 425 g/mol. The molecule has 0 unspecified atom stereocenters. The van der Waals surface area contributed by atoms with Crippen LogP contribution in [0.2, 0.25) is 0 Å². The Morgan fingerprint density at radius 1 is 1.00 bits per heavy atom. The van der Waals surface area contributed by atoms with Gasteiger partial charge >= 0.3 is 5.97 Å². The van der Waals surface area contributed by atoms with Gasteiger partial charge in [0, 0.05) is 53.9 Å². The average molecular weight is 425 g/mol. The Morgan fingerprint density at radius 2 is 1.84 bits per heavy atom. The lowest BCUT2D eigenvalue weighted by Gasteiger charge is -2.13. The number of aromatic amines is 1. The number of H-pyrrole nitrogens is 1. The van der Waals surface area contributed by atoms with Gasteiger partial charge in [-0.15, -0.1) is 0 Å². The highest BCUT2D eigenvalue weighted by Gasteiger charge is 2.16. The van der Waals surface area contributed by atoms with Gasteiger partial charge < -0.3 is 20.3 Å². The van der Waals surface area contributed by atoms with E-state index < -0.39 is 5.97 Å². The van der Waals surface area contributed by atoms with Crippen molar-refractivity contribution in [2.24, 2.45) is 0 Å². The van der Waals surface area contributed by atoms with E-state index in [0.29, 0.717) is 28.1 Å². The van der Waals surface area contributed by atoms with E-state index >= 15 is 0 Å². The van der Waals surface area contributed by atoms with Crippen LogP contribution in [-0.2, 0) is 0 Å². The summed E-state index contributed by atoms with van der Waals surface area (Å²) in [4.78, 5) is 37.8. The Hall–Kier alpha value is -4.46. The molecule has 0 aliphatic rings. The Morgan fingerprint density at radius 3 is 2.62 bits per heavy atom. The molecule has 0 saturated heterocycles. The fourth-order valence-electron chi connectivity index (χ4n) is 3.86. The van der Waals surface area contributed by atoms with Crippen molar-refractivity contribution < 1.29 is 14.7 Å². The van der Waals surface area contributed by atoms with Crippen LogP contribution in [0.3, 0.4) is 0 Å². The second kappa shape index (κ2) is 7.35. The minimum Gasteiger partial charge on any atom is -0.478 e. The van der Waals surface area contributed by atoms with Crippen molar-refractivity contribution in [3.8, 4) is 0 Å². The second-order valence-electron chi connectivity index (χ2n) is 7.70. The van der Waals surface area contributed by atoms with E-state index in [0.717, 1.165) is 21.7 Å². The van der Waals surface area contributed by atoms with Crippen LogP contribution < -0.4 is 5.32 Å². The summed E-state index contributed by atoms with van der Waals surface area (Å²) < 4.78 is 0. The van der Waals surface area contributed by atoms with Gasteiger partial charge in [-0.3, -0.25) is 9.78 Å². The molecule has 0 fully saturated rings. The zero-order chi connectivity index (χ0) is 22.4. The molecule has 3 aromatic heterocycles. The Kier molecular flexibility index (Phi) is 4.48. The number of benzene rings is 2. The Bertz CT molecular complexity index is 1540. The van der Waals surface area contributed by atoms with Crippen LogP contribution in [0.25, 0.3) is 32.7 Å². The number of fused-ring (bicyclic) bond motifs is 5. The summed E-state index contributed by atoms with van der Waals surface area (Å²) in [5.74, 6) is -0.639. The van der Waals surface area contributed by atoms with Gasteiger partial charge in [0.25, 0.3) is 5.91 Å². The zero-order valence-corrected chi connectivity index (χ0v) is 17.4. The number of aromatic carboxylic acids is 1. The lowest BCUT2D eigenvalue weighted by atomic mass is 10.0. The standard InChI is InChI=1S/C24H19N5O3/c1-29(2)23(30)13-4-3-5-15(10-13)26-21-17-11-14(24(31)32)6-7-16(17)20-18-12-25-9-8-19(18)27-22(20)28-21/h3-12H,1-2H3,(H,31,32)(H2,26,27,28). The third-order valence-corrected chi connectivity index (χ3v) is 5.37. The zero-order valence-electron chi connectivity index (χ0n) is 17.4. The number of amides is 1. The van der Waals surface area contributed by atoms with Crippen molar-refractivity contribution in [1.29, 1.82) is 0 Å². The second-order valence-corrected chi connectivity index (χ2v) is 7.70. The number of aromatic nitrogens is 3. The first-order valence-electron chi connectivity index (χ1n) is 9.93. The molecular weight excluding hydrogens is 406 g/mol. The van der Waals surface area contributed by atoms with Crippen molar-refractivity contribution in [3.63, 3.8) is 0 Å². The van der Waals surface area contributed by atoms with E-state index in [1.54, 1.807) is 62.9 Å². The predicted octanol–water partition coefficient (Wildman–Crippen LogP) is 4.41. The van der Waals surface area contributed by atoms with Gasteiger partial charge in [0.2, 0.25) is 0 Å². The maximum atomic E-state index is 12.4. The highest BCUT2D eigenvalue weighted by Crippen LogP contribution is 2.35. The number of carbonyl (C=O) groups is 2. The number of hydrogen-bond acceptors (Lipinski definition) is 5. The molecule has 8 nitrogen and oxygen atoms in total. The Labute approximate surface area is 182 Å².